The van der Waals surface area contributed by atoms with Crippen LogP contribution in [0, 0.1) is 0 Å². The maximum absolute atomic E-state index is 6.29. The van der Waals surface area contributed by atoms with Gasteiger partial charge < -0.3 is 18.9 Å². The van der Waals surface area contributed by atoms with E-state index in [9.17, 15) is 0 Å². The molecule has 4 rings (SSSR count). The molecule has 2 unspecified atom stereocenters. The second kappa shape index (κ2) is 9.51. The Bertz CT molecular complexity index is 795. The Labute approximate surface area is 173 Å². The van der Waals surface area contributed by atoms with Crippen molar-refractivity contribution in [1.29, 1.82) is 0 Å². The second-order valence-electron chi connectivity index (χ2n) is 7.66. The van der Waals surface area contributed by atoms with Crippen LogP contribution in [0.15, 0.2) is 42.5 Å². The van der Waals surface area contributed by atoms with Crippen molar-refractivity contribution in [2.75, 3.05) is 40.0 Å². The Morgan fingerprint density at radius 3 is 2.76 bits per heavy atom. The Morgan fingerprint density at radius 1 is 1.10 bits per heavy atom. The molecule has 29 heavy (non-hydrogen) atoms. The fourth-order valence-electron chi connectivity index (χ4n) is 4.27. The van der Waals surface area contributed by atoms with Gasteiger partial charge in [-0.05, 0) is 30.9 Å². The largest absolute Gasteiger partial charge is 0.493 e. The van der Waals surface area contributed by atoms with Crippen molar-refractivity contribution in [2.24, 2.45) is 0 Å². The molecule has 0 saturated carbocycles. The number of fused-ring (bicyclic) bond motifs is 3. The van der Waals surface area contributed by atoms with Crippen LogP contribution < -0.4 is 14.2 Å². The number of hydrogen-bond donors (Lipinski definition) is 0. The van der Waals surface area contributed by atoms with Gasteiger partial charge in [-0.25, -0.2) is 0 Å². The van der Waals surface area contributed by atoms with Crippen molar-refractivity contribution in [3.63, 3.8) is 0 Å². The molecular formula is C24H31NO4. The molecule has 0 radical (unpaired) electrons. The van der Waals surface area contributed by atoms with E-state index in [1.54, 1.807) is 7.11 Å². The average Bonchev–Trinajstić information content (AvgIpc) is 2.95. The minimum Gasteiger partial charge on any atom is -0.493 e. The van der Waals surface area contributed by atoms with Gasteiger partial charge in [-0.15, -0.1) is 0 Å². The molecule has 0 spiro atoms. The summed E-state index contributed by atoms with van der Waals surface area (Å²) in [5.41, 5.74) is 2.45. The van der Waals surface area contributed by atoms with Crippen molar-refractivity contribution in [3.8, 4) is 17.2 Å². The number of methoxy groups -OCH3 is 1. The molecule has 0 bridgehead atoms. The van der Waals surface area contributed by atoms with Crippen LogP contribution in [0.2, 0.25) is 0 Å². The second-order valence-corrected chi connectivity index (χ2v) is 7.66. The highest BCUT2D eigenvalue weighted by atomic mass is 16.5. The summed E-state index contributed by atoms with van der Waals surface area (Å²) in [6.45, 7) is 6.15. The van der Waals surface area contributed by atoms with Gasteiger partial charge in [0.05, 0.1) is 26.9 Å². The lowest BCUT2D eigenvalue weighted by atomic mass is 9.96. The minimum absolute atomic E-state index is 0.00749. The Kier molecular flexibility index (Phi) is 6.57. The molecule has 2 aliphatic rings. The first-order valence-electron chi connectivity index (χ1n) is 10.7. The van der Waals surface area contributed by atoms with Gasteiger partial charge in [0.1, 0.15) is 11.9 Å². The van der Waals surface area contributed by atoms with Gasteiger partial charge in [-0.1, -0.05) is 37.3 Å². The molecule has 0 amide bonds. The summed E-state index contributed by atoms with van der Waals surface area (Å²) in [6.07, 6.45) is 2.94. The van der Waals surface area contributed by atoms with Crippen molar-refractivity contribution >= 4 is 0 Å². The SMILES string of the molecule is CCCOc1cc2c(cc1OC)OCCC1C2OCCN1CCc1ccccc1. The van der Waals surface area contributed by atoms with Gasteiger partial charge in [-0.2, -0.15) is 0 Å². The van der Waals surface area contributed by atoms with Crippen molar-refractivity contribution in [1.82, 2.24) is 4.90 Å². The van der Waals surface area contributed by atoms with Crippen LogP contribution in [-0.4, -0.2) is 51.0 Å². The van der Waals surface area contributed by atoms with Crippen molar-refractivity contribution in [2.45, 2.75) is 38.3 Å². The highest BCUT2D eigenvalue weighted by Gasteiger charge is 2.37. The molecule has 2 heterocycles. The zero-order valence-electron chi connectivity index (χ0n) is 17.4. The van der Waals surface area contributed by atoms with Crippen LogP contribution >= 0.6 is 0 Å². The number of morpholine rings is 1. The Balaban J connectivity index is 1.56. The maximum atomic E-state index is 6.29. The van der Waals surface area contributed by atoms with E-state index in [1.165, 1.54) is 5.56 Å². The van der Waals surface area contributed by atoms with Gasteiger partial charge in [0.2, 0.25) is 0 Å². The average molecular weight is 398 g/mol. The number of rotatable bonds is 7. The van der Waals surface area contributed by atoms with E-state index in [1.807, 2.05) is 6.07 Å². The topological polar surface area (TPSA) is 40.2 Å². The molecule has 2 atom stereocenters. The van der Waals surface area contributed by atoms with Crippen molar-refractivity contribution < 1.29 is 18.9 Å². The van der Waals surface area contributed by atoms with Gasteiger partial charge in [0.15, 0.2) is 11.5 Å². The van der Waals surface area contributed by atoms with E-state index in [0.717, 1.165) is 56.0 Å². The lowest BCUT2D eigenvalue weighted by Crippen LogP contribution is -2.47. The predicted molar refractivity (Wildman–Crippen MR) is 113 cm³/mol. The summed E-state index contributed by atoms with van der Waals surface area (Å²) in [5, 5.41) is 0. The highest BCUT2D eigenvalue weighted by Crippen LogP contribution is 2.44. The Hall–Kier alpha value is -2.24. The van der Waals surface area contributed by atoms with Gasteiger partial charge in [0.25, 0.3) is 0 Å². The molecule has 5 nitrogen and oxygen atoms in total. The first kappa shape index (κ1) is 20.0. The quantitative estimate of drug-likeness (QED) is 0.698. The molecule has 1 saturated heterocycles. The van der Waals surface area contributed by atoms with Gasteiger partial charge in [-0.3, -0.25) is 4.90 Å². The van der Waals surface area contributed by atoms with E-state index in [2.05, 4.69) is 48.2 Å². The molecule has 2 aromatic rings. The summed E-state index contributed by atoms with van der Waals surface area (Å²) < 4.78 is 23.9. The molecule has 2 aliphatic heterocycles. The standard InChI is InChI=1S/C24H31NO4/c1-3-13-27-23-16-19-21(17-22(23)26-2)28-14-10-20-24(19)29-15-12-25(20)11-9-18-7-5-4-6-8-18/h4-8,16-17,20,24H,3,9-15H2,1-2H3. The summed E-state index contributed by atoms with van der Waals surface area (Å²) >= 11 is 0. The van der Waals surface area contributed by atoms with E-state index in [4.69, 9.17) is 18.9 Å². The van der Waals surface area contributed by atoms with Crippen molar-refractivity contribution in [3.05, 3.63) is 53.6 Å². The number of benzene rings is 2. The number of nitrogens with zero attached hydrogens (tertiary/aromatic N) is 1. The summed E-state index contributed by atoms with van der Waals surface area (Å²) in [5.74, 6) is 2.33. The third kappa shape index (κ3) is 4.51. The zero-order valence-corrected chi connectivity index (χ0v) is 17.4. The van der Waals surface area contributed by atoms with E-state index >= 15 is 0 Å². The Morgan fingerprint density at radius 2 is 1.97 bits per heavy atom. The summed E-state index contributed by atoms with van der Waals surface area (Å²) in [7, 11) is 1.67. The van der Waals surface area contributed by atoms with E-state index in [0.29, 0.717) is 25.0 Å². The third-order valence-electron chi connectivity index (χ3n) is 5.76. The molecule has 2 aromatic carbocycles. The molecule has 1 fully saturated rings. The predicted octanol–water partition coefficient (Wildman–Crippen LogP) is 4.25. The lowest BCUT2D eigenvalue weighted by Gasteiger charge is -2.40. The fraction of sp³-hybridized carbons (Fsp3) is 0.500. The van der Waals surface area contributed by atoms with Crippen LogP contribution in [0.1, 0.15) is 37.0 Å². The van der Waals surface area contributed by atoms with E-state index < -0.39 is 0 Å². The molecule has 0 aliphatic carbocycles. The fourth-order valence-corrected chi connectivity index (χ4v) is 4.27. The molecule has 0 aromatic heterocycles. The van der Waals surface area contributed by atoms with Crippen LogP contribution in [0.4, 0.5) is 0 Å². The van der Waals surface area contributed by atoms with Crippen LogP contribution in [-0.2, 0) is 11.2 Å². The smallest absolute Gasteiger partial charge is 0.164 e. The van der Waals surface area contributed by atoms with E-state index in [-0.39, 0.29) is 6.10 Å². The first-order valence-corrected chi connectivity index (χ1v) is 10.7. The number of ether oxygens (including phenoxy) is 4. The maximum Gasteiger partial charge on any atom is 0.164 e. The third-order valence-corrected chi connectivity index (χ3v) is 5.76. The lowest BCUT2D eigenvalue weighted by molar-refractivity contribution is -0.0739. The highest BCUT2D eigenvalue weighted by molar-refractivity contribution is 5.52. The van der Waals surface area contributed by atoms with Crippen LogP contribution in [0.5, 0.6) is 17.2 Å². The number of hydrogen-bond acceptors (Lipinski definition) is 5. The normalized spacial score (nSPS) is 21.4. The summed E-state index contributed by atoms with van der Waals surface area (Å²) in [4.78, 5) is 2.57. The zero-order chi connectivity index (χ0) is 20.1. The first-order chi connectivity index (χ1) is 14.3. The molecular weight excluding hydrogens is 366 g/mol. The van der Waals surface area contributed by atoms with Crippen LogP contribution in [0.3, 0.4) is 0 Å². The molecule has 0 N–H and O–H groups in total. The van der Waals surface area contributed by atoms with Crippen LogP contribution in [0.25, 0.3) is 0 Å². The molecule has 5 heteroatoms. The summed E-state index contributed by atoms with van der Waals surface area (Å²) in [6, 6.07) is 15.0. The minimum atomic E-state index is -0.00749. The molecule has 156 valence electrons. The van der Waals surface area contributed by atoms with Gasteiger partial charge >= 0.3 is 0 Å². The monoisotopic (exact) mass is 397 g/mol. The van der Waals surface area contributed by atoms with Gasteiger partial charge in [0, 0.05) is 30.8 Å².